The van der Waals surface area contributed by atoms with Crippen LogP contribution in [-0.4, -0.2) is 31.3 Å². The molecule has 0 saturated carbocycles. The third-order valence-corrected chi connectivity index (χ3v) is 1.75. The lowest BCUT2D eigenvalue weighted by atomic mass is 10.2. The molecule has 0 amide bonds. The molecule has 0 aromatic carbocycles. The molecule has 0 saturated heterocycles. The number of unbranched alkanes of at least 4 members (excludes halogenated alkanes) is 1. The van der Waals surface area contributed by atoms with Crippen LogP contribution in [0.3, 0.4) is 0 Å². The molecule has 0 bridgehead atoms. The second-order valence-corrected chi connectivity index (χ2v) is 2.82. The summed E-state index contributed by atoms with van der Waals surface area (Å²) in [6.45, 7) is 0. The van der Waals surface area contributed by atoms with Crippen molar-refractivity contribution in [2.45, 2.75) is 25.7 Å². The number of carboxylic acids is 1. The minimum Gasteiger partial charge on any atom is -0.481 e. The first-order valence-electron chi connectivity index (χ1n) is 4.13. The summed E-state index contributed by atoms with van der Waals surface area (Å²) in [6, 6.07) is 0. The third-order valence-electron chi connectivity index (χ3n) is 1.75. The molecular formula is C7H12N4O2. The summed E-state index contributed by atoms with van der Waals surface area (Å²) in [7, 11) is 1.77. The molecule has 0 aliphatic carbocycles. The Morgan fingerprint density at radius 1 is 1.54 bits per heavy atom. The van der Waals surface area contributed by atoms with E-state index >= 15 is 0 Å². The van der Waals surface area contributed by atoms with E-state index in [4.69, 9.17) is 5.11 Å². The van der Waals surface area contributed by atoms with Crippen LogP contribution in [0.2, 0.25) is 0 Å². The van der Waals surface area contributed by atoms with E-state index < -0.39 is 5.97 Å². The van der Waals surface area contributed by atoms with Gasteiger partial charge in [0.05, 0.1) is 0 Å². The summed E-state index contributed by atoms with van der Waals surface area (Å²) in [5.74, 6) is 0.0430. The zero-order chi connectivity index (χ0) is 9.68. The molecule has 0 atom stereocenters. The predicted molar refractivity (Wildman–Crippen MR) is 44.0 cm³/mol. The summed E-state index contributed by atoms with van der Waals surface area (Å²) in [5.41, 5.74) is 0. The molecule has 1 N–H and O–H groups in total. The Morgan fingerprint density at radius 2 is 2.31 bits per heavy atom. The third kappa shape index (κ3) is 3.18. The Balaban J connectivity index is 2.20. The van der Waals surface area contributed by atoms with Crippen LogP contribution in [0, 0.1) is 0 Å². The normalized spacial score (nSPS) is 10.2. The van der Waals surface area contributed by atoms with E-state index in [1.807, 2.05) is 0 Å². The summed E-state index contributed by atoms with van der Waals surface area (Å²) in [4.78, 5) is 10.2. The van der Waals surface area contributed by atoms with Gasteiger partial charge in [0.1, 0.15) is 0 Å². The van der Waals surface area contributed by atoms with Crippen LogP contribution in [0.25, 0.3) is 0 Å². The van der Waals surface area contributed by atoms with E-state index in [1.54, 1.807) is 11.7 Å². The quantitative estimate of drug-likeness (QED) is 0.652. The fourth-order valence-electron chi connectivity index (χ4n) is 1.02. The van der Waals surface area contributed by atoms with Crippen molar-refractivity contribution in [1.29, 1.82) is 0 Å². The molecule has 72 valence electrons. The molecular weight excluding hydrogens is 172 g/mol. The number of tetrazole rings is 1. The average Bonchev–Trinajstić information content (AvgIpc) is 2.45. The van der Waals surface area contributed by atoms with Crippen LogP contribution < -0.4 is 0 Å². The highest BCUT2D eigenvalue weighted by Gasteiger charge is 2.02. The van der Waals surface area contributed by atoms with Crippen LogP contribution in [0.4, 0.5) is 0 Å². The molecule has 0 aliphatic heterocycles. The molecule has 6 nitrogen and oxygen atoms in total. The standard InChI is InChI=1S/C7H12N4O2/c1-11-6(8-9-10-11)4-2-3-5-7(12)13/h2-5H2,1H3,(H,12,13). The SMILES string of the molecule is Cn1nnnc1CCCCC(=O)O. The van der Waals surface area contributed by atoms with Gasteiger partial charge in [-0.05, 0) is 23.3 Å². The number of carboxylic acid groups (broad SMARTS) is 1. The molecule has 0 unspecified atom stereocenters. The maximum atomic E-state index is 10.2. The van der Waals surface area contributed by atoms with Crippen LogP contribution in [-0.2, 0) is 18.3 Å². The highest BCUT2D eigenvalue weighted by Crippen LogP contribution is 2.01. The van der Waals surface area contributed by atoms with Crippen molar-refractivity contribution in [2.75, 3.05) is 0 Å². The van der Waals surface area contributed by atoms with Crippen molar-refractivity contribution in [2.24, 2.45) is 7.05 Å². The van der Waals surface area contributed by atoms with Gasteiger partial charge in [0.2, 0.25) is 0 Å². The second kappa shape index (κ2) is 4.54. The van der Waals surface area contributed by atoms with Crippen LogP contribution >= 0.6 is 0 Å². The van der Waals surface area contributed by atoms with Gasteiger partial charge in [0.25, 0.3) is 0 Å². The van der Waals surface area contributed by atoms with Gasteiger partial charge in [-0.1, -0.05) is 0 Å². The van der Waals surface area contributed by atoms with Crippen molar-refractivity contribution in [3.8, 4) is 0 Å². The number of aromatic nitrogens is 4. The topological polar surface area (TPSA) is 80.9 Å². The van der Waals surface area contributed by atoms with Gasteiger partial charge >= 0.3 is 5.97 Å². The molecule has 1 aromatic heterocycles. The molecule has 0 spiro atoms. The minimum atomic E-state index is -0.754. The number of hydrogen-bond acceptors (Lipinski definition) is 4. The van der Waals surface area contributed by atoms with Crippen molar-refractivity contribution in [3.63, 3.8) is 0 Å². The summed E-state index contributed by atoms with van der Waals surface area (Å²) in [5, 5.41) is 19.3. The van der Waals surface area contributed by atoms with Gasteiger partial charge < -0.3 is 5.11 Å². The molecule has 6 heteroatoms. The maximum absolute atomic E-state index is 10.2. The lowest BCUT2D eigenvalue weighted by Gasteiger charge is -1.96. The number of rotatable bonds is 5. The van der Waals surface area contributed by atoms with Crippen LogP contribution in [0.15, 0.2) is 0 Å². The first-order valence-corrected chi connectivity index (χ1v) is 4.13. The smallest absolute Gasteiger partial charge is 0.303 e. The van der Waals surface area contributed by atoms with E-state index in [2.05, 4.69) is 15.5 Å². The van der Waals surface area contributed by atoms with E-state index in [-0.39, 0.29) is 6.42 Å². The lowest BCUT2D eigenvalue weighted by molar-refractivity contribution is -0.137. The average molecular weight is 184 g/mol. The van der Waals surface area contributed by atoms with Gasteiger partial charge in [-0.25, -0.2) is 4.68 Å². The number of hydrogen-bond donors (Lipinski definition) is 1. The molecule has 0 fully saturated rings. The predicted octanol–water partition coefficient (Wildman–Crippen LogP) is 0.00750. The maximum Gasteiger partial charge on any atom is 0.303 e. The Labute approximate surface area is 75.6 Å². The Bertz CT molecular complexity index is 284. The summed E-state index contributed by atoms with van der Waals surface area (Å²) >= 11 is 0. The lowest BCUT2D eigenvalue weighted by Crippen LogP contribution is -2.00. The van der Waals surface area contributed by atoms with Gasteiger partial charge in [0, 0.05) is 19.9 Å². The van der Waals surface area contributed by atoms with Gasteiger partial charge in [0.15, 0.2) is 5.82 Å². The number of carbonyl (C=O) groups is 1. The summed E-state index contributed by atoms with van der Waals surface area (Å²) in [6.07, 6.45) is 2.42. The van der Waals surface area contributed by atoms with Crippen LogP contribution in [0.5, 0.6) is 0 Å². The Hall–Kier alpha value is -1.46. The van der Waals surface area contributed by atoms with Crippen LogP contribution in [0.1, 0.15) is 25.1 Å². The van der Waals surface area contributed by atoms with Gasteiger partial charge in [-0.3, -0.25) is 4.79 Å². The molecule has 13 heavy (non-hydrogen) atoms. The molecule has 0 radical (unpaired) electrons. The number of aliphatic carboxylic acids is 1. The van der Waals surface area contributed by atoms with Crippen molar-refractivity contribution in [1.82, 2.24) is 20.2 Å². The summed E-state index contributed by atoms with van der Waals surface area (Å²) < 4.78 is 1.60. The number of aryl methyl sites for hydroxylation is 2. The first-order chi connectivity index (χ1) is 6.20. The zero-order valence-electron chi connectivity index (χ0n) is 7.47. The Morgan fingerprint density at radius 3 is 2.85 bits per heavy atom. The molecule has 1 rings (SSSR count). The van der Waals surface area contributed by atoms with Crippen molar-refractivity contribution in [3.05, 3.63) is 5.82 Å². The highest BCUT2D eigenvalue weighted by molar-refractivity contribution is 5.66. The fraction of sp³-hybridized carbons (Fsp3) is 0.714. The highest BCUT2D eigenvalue weighted by atomic mass is 16.4. The number of nitrogens with zero attached hydrogens (tertiary/aromatic N) is 4. The zero-order valence-corrected chi connectivity index (χ0v) is 7.47. The van der Waals surface area contributed by atoms with E-state index in [9.17, 15) is 4.79 Å². The van der Waals surface area contributed by atoms with Gasteiger partial charge in [-0.2, -0.15) is 0 Å². The van der Waals surface area contributed by atoms with E-state index in [0.717, 1.165) is 18.7 Å². The second-order valence-electron chi connectivity index (χ2n) is 2.82. The molecule has 0 aliphatic rings. The van der Waals surface area contributed by atoms with E-state index in [1.165, 1.54) is 0 Å². The largest absolute Gasteiger partial charge is 0.481 e. The first kappa shape index (κ1) is 9.63. The monoisotopic (exact) mass is 184 g/mol. The van der Waals surface area contributed by atoms with E-state index in [0.29, 0.717) is 6.42 Å². The molecule has 1 heterocycles. The fourth-order valence-corrected chi connectivity index (χ4v) is 1.02. The van der Waals surface area contributed by atoms with Gasteiger partial charge in [-0.15, -0.1) is 5.10 Å². The molecule has 1 aromatic rings. The van der Waals surface area contributed by atoms with Crippen molar-refractivity contribution >= 4 is 5.97 Å². The Kier molecular flexibility index (Phi) is 3.36. The van der Waals surface area contributed by atoms with Crippen molar-refractivity contribution < 1.29 is 9.90 Å². The minimum absolute atomic E-state index is 0.214.